The largest absolute Gasteiger partial charge is 0.484 e. The van der Waals surface area contributed by atoms with Gasteiger partial charge >= 0.3 is 0 Å². The van der Waals surface area contributed by atoms with Crippen molar-refractivity contribution in [3.63, 3.8) is 0 Å². The summed E-state index contributed by atoms with van der Waals surface area (Å²) in [4.78, 5) is 14.2. The molecule has 0 spiro atoms. The van der Waals surface area contributed by atoms with E-state index in [0.717, 1.165) is 17.7 Å². The smallest absolute Gasteiger partial charge is 0.264 e. The average Bonchev–Trinajstić information content (AvgIpc) is 3.04. The van der Waals surface area contributed by atoms with Crippen LogP contribution in [0.4, 0.5) is 5.69 Å². The maximum atomic E-state index is 12.4. The molecule has 0 saturated heterocycles. The summed E-state index contributed by atoms with van der Waals surface area (Å²) in [6.45, 7) is 0.942. The van der Waals surface area contributed by atoms with Crippen molar-refractivity contribution >= 4 is 21.6 Å². The second kappa shape index (κ2) is 7.47. The Morgan fingerprint density at radius 3 is 2.54 bits per heavy atom. The van der Waals surface area contributed by atoms with Crippen molar-refractivity contribution in [2.45, 2.75) is 13.0 Å². The topological polar surface area (TPSA) is 66.9 Å². The molecule has 0 unspecified atom stereocenters. The molecule has 0 radical (unpaired) electrons. The number of hydrogen-bond donors (Lipinski definition) is 0. The molecule has 2 aromatic carbocycles. The third-order valence-electron chi connectivity index (χ3n) is 4.45. The lowest BCUT2D eigenvalue weighted by atomic mass is 10.2. The molecule has 26 heavy (non-hydrogen) atoms. The van der Waals surface area contributed by atoms with E-state index in [4.69, 9.17) is 4.74 Å². The molecule has 0 saturated carbocycles. The number of anilines is 1. The molecule has 0 aromatic heterocycles. The molecule has 0 bridgehead atoms. The minimum atomic E-state index is -3.21. The van der Waals surface area contributed by atoms with Crippen LogP contribution >= 0.6 is 0 Å². The van der Waals surface area contributed by atoms with Gasteiger partial charge in [0, 0.05) is 25.8 Å². The number of hydrogen-bond acceptors (Lipinski definition) is 4. The van der Waals surface area contributed by atoms with E-state index in [-0.39, 0.29) is 12.5 Å². The Morgan fingerprint density at radius 2 is 1.85 bits per heavy atom. The Bertz CT molecular complexity index is 894. The van der Waals surface area contributed by atoms with Crippen molar-refractivity contribution in [2.75, 3.05) is 31.4 Å². The molecule has 0 N–H and O–H groups in total. The number of fused-ring (bicyclic) bond motifs is 1. The molecule has 1 amide bonds. The van der Waals surface area contributed by atoms with Crippen LogP contribution in [0.5, 0.6) is 5.75 Å². The first-order chi connectivity index (χ1) is 12.3. The number of carbonyl (C=O) groups excluding carboxylic acids is 1. The van der Waals surface area contributed by atoms with Crippen LogP contribution in [0.3, 0.4) is 0 Å². The Balaban J connectivity index is 1.56. The maximum Gasteiger partial charge on any atom is 0.264 e. The zero-order valence-corrected chi connectivity index (χ0v) is 15.7. The van der Waals surface area contributed by atoms with E-state index in [0.29, 0.717) is 18.8 Å². The predicted molar refractivity (Wildman–Crippen MR) is 101 cm³/mol. The first-order valence-corrected chi connectivity index (χ1v) is 10.2. The quantitative estimate of drug-likeness (QED) is 0.776. The van der Waals surface area contributed by atoms with Crippen LogP contribution in [0.1, 0.15) is 11.1 Å². The molecule has 1 aliphatic rings. The summed E-state index contributed by atoms with van der Waals surface area (Å²) in [5.74, 6) is 0.507. The van der Waals surface area contributed by atoms with E-state index in [1.54, 1.807) is 29.2 Å². The van der Waals surface area contributed by atoms with Gasteiger partial charge in [0.05, 0.1) is 6.26 Å². The van der Waals surface area contributed by atoms with Crippen molar-refractivity contribution < 1.29 is 17.9 Å². The number of para-hydroxylation sites is 1. The molecular weight excluding hydrogens is 352 g/mol. The number of ether oxygens (including phenoxy) is 1. The van der Waals surface area contributed by atoms with Crippen LogP contribution in [0.25, 0.3) is 0 Å². The van der Waals surface area contributed by atoms with E-state index in [1.165, 1.54) is 23.2 Å². The summed E-state index contributed by atoms with van der Waals surface area (Å²) >= 11 is 0. The highest BCUT2D eigenvalue weighted by Gasteiger charge is 2.24. The third kappa shape index (κ3) is 4.23. The van der Waals surface area contributed by atoms with Crippen molar-refractivity contribution in [2.24, 2.45) is 0 Å². The molecule has 138 valence electrons. The zero-order valence-electron chi connectivity index (χ0n) is 14.9. The first-order valence-electron chi connectivity index (χ1n) is 8.36. The van der Waals surface area contributed by atoms with Crippen molar-refractivity contribution in [1.29, 1.82) is 0 Å². The van der Waals surface area contributed by atoms with Gasteiger partial charge in [0.25, 0.3) is 5.91 Å². The first kappa shape index (κ1) is 18.4. The highest BCUT2D eigenvalue weighted by molar-refractivity contribution is 7.88. The van der Waals surface area contributed by atoms with Crippen LogP contribution in [-0.2, 0) is 27.8 Å². The lowest BCUT2D eigenvalue weighted by Crippen LogP contribution is -2.33. The molecule has 0 aliphatic carbocycles. The van der Waals surface area contributed by atoms with E-state index in [9.17, 15) is 13.2 Å². The minimum absolute atomic E-state index is 0.0308. The predicted octanol–water partition coefficient (Wildman–Crippen LogP) is 2.05. The van der Waals surface area contributed by atoms with E-state index in [1.807, 2.05) is 24.3 Å². The summed E-state index contributed by atoms with van der Waals surface area (Å²) in [7, 11) is -1.68. The molecule has 3 rings (SSSR count). The van der Waals surface area contributed by atoms with Gasteiger partial charge in [0.2, 0.25) is 10.0 Å². The van der Waals surface area contributed by atoms with Crippen molar-refractivity contribution in [3.05, 3.63) is 59.7 Å². The van der Waals surface area contributed by atoms with Crippen LogP contribution in [0.2, 0.25) is 0 Å². The van der Waals surface area contributed by atoms with E-state index in [2.05, 4.69) is 0 Å². The SMILES string of the molecule is CN(Cc1ccc(OCC(=O)N2CCc3ccccc32)cc1)S(C)(=O)=O. The second-order valence-corrected chi connectivity index (χ2v) is 8.47. The van der Waals surface area contributed by atoms with Gasteiger partial charge < -0.3 is 9.64 Å². The number of benzene rings is 2. The zero-order chi connectivity index (χ0) is 18.7. The summed E-state index contributed by atoms with van der Waals surface area (Å²) < 4.78 is 29.8. The summed E-state index contributed by atoms with van der Waals surface area (Å²) in [5.41, 5.74) is 2.99. The van der Waals surface area contributed by atoms with Gasteiger partial charge in [-0.2, -0.15) is 0 Å². The normalized spacial score (nSPS) is 13.7. The van der Waals surface area contributed by atoms with Gasteiger partial charge in [-0.25, -0.2) is 12.7 Å². The second-order valence-electron chi connectivity index (χ2n) is 6.38. The lowest BCUT2D eigenvalue weighted by molar-refractivity contribution is -0.120. The molecule has 2 aromatic rings. The molecule has 1 aliphatic heterocycles. The lowest BCUT2D eigenvalue weighted by Gasteiger charge is -2.18. The van der Waals surface area contributed by atoms with Crippen LogP contribution in [-0.4, -0.2) is 45.1 Å². The minimum Gasteiger partial charge on any atom is -0.484 e. The van der Waals surface area contributed by atoms with E-state index < -0.39 is 10.0 Å². The molecule has 7 heteroatoms. The van der Waals surface area contributed by atoms with Gasteiger partial charge in [-0.15, -0.1) is 0 Å². The molecule has 0 fully saturated rings. The molecule has 0 atom stereocenters. The highest BCUT2D eigenvalue weighted by Crippen LogP contribution is 2.27. The fourth-order valence-electron chi connectivity index (χ4n) is 2.89. The number of carbonyl (C=O) groups is 1. The summed E-state index contributed by atoms with van der Waals surface area (Å²) in [6, 6.07) is 15.0. The fourth-order valence-corrected chi connectivity index (χ4v) is 3.27. The average molecular weight is 374 g/mol. The monoisotopic (exact) mass is 374 g/mol. The molecule has 6 nitrogen and oxygen atoms in total. The number of amides is 1. The van der Waals surface area contributed by atoms with Gasteiger partial charge in [-0.05, 0) is 35.7 Å². The van der Waals surface area contributed by atoms with Crippen LogP contribution < -0.4 is 9.64 Å². The van der Waals surface area contributed by atoms with Gasteiger partial charge in [-0.3, -0.25) is 4.79 Å². The van der Waals surface area contributed by atoms with Crippen LogP contribution in [0.15, 0.2) is 48.5 Å². The highest BCUT2D eigenvalue weighted by atomic mass is 32.2. The molecule has 1 heterocycles. The Hall–Kier alpha value is -2.38. The maximum absolute atomic E-state index is 12.4. The molecular formula is C19H22N2O4S. The fraction of sp³-hybridized carbons (Fsp3) is 0.316. The third-order valence-corrected chi connectivity index (χ3v) is 5.71. The van der Waals surface area contributed by atoms with Crippen molar-refractivity contribution in [1.82, 2.24) is 4.31 Å². The van der Waals surface area contributed by atoms with Gasteiger partial charge in [0.1, 0.15) is 5.75 Å². The van der Waals surface area contributed by atoms with Gasteiger partial charge in [0.15, 0.2) is 6.61 Å². The van der Waals surface area contributed by atoms with Crippen LogP contribution in [0, 0.1) is 0 Å². The van der Waals surface area contributed by atoms with E-state index >= 15 is 0 Å². The number of rotatable bonds is 6. The number of nitrogens with zero attached hydrogens (tertiary/aromatic N) is 2. The number of sulfonamides is 1. The Kier molecular flexibility index (Phi) is 5.29. The van der Waals surface area contributed by atoms with Crippen molar-refractivity contribution in [3.8, 4) is 5.75 Å². The Morgan fingerprint density at radius 1 is 1.15 bits per heavy atom. The van der Waals surface area contributed by atoms with Gasteiger partial charge in [-0.1, -0.05) is 30.3 Å². The summed E-state index contributed by atoms with van der Waals surface area (Å²) in [6.07, 6.45) is 2.04. The standard InChI is InChI=1S/C19H22N2O4S/c1-20(26(2,23)24)13-15-7-9-17(10-8-15)25-14-19(22)21-12-11-16-5-3-4-6-18(16)21/h3-10H,11-14H2,1-2H3. The summed E-state index contributed by atoms with van der Waals surface area (Å²) in [5, 5.41) is 0. The Labute approximate surface area is 154 Å².